The van der Waals surface area contributed by atoms with Crippen LogP contribution in [0.1, 0.15) is 21.5 Å². The summed E-state index contributed by atoms with van der Waals surface area (Å²) in [7, 11) is 0. The molecule has 0 radical (unpaired) electrons. The molecular weight excluding hydrogens is 334 g/mol. The van der Waals surface area contributed by atoms with E-state index in [1.54, 1.807) is 19.1 Å². The van der Waals surface area contributed by atoms with Crippen molar-refractivity contribution < 1.29 is 14.8 Å². The summed E-state index contributed by atoms with van der Waals surface area (Å²) in [6, 6.07) is 14.9. The van der Waals surface area contributed by atoms with Crippen molar-refractivity contribution in [2.24, 2.45) is 5.10 Å². The number of carbonyl (C=O) groups excluding carboxylic acids is 1. The Labute approximate surface area is 148 Å². The maximum absolute atomic E-state index is 12.2. The minimum Gasteiger partial charge on any atom is -0.507 e. The van der Waals surface area contributed by atoms with Gasteiger partial charge in [-0.05, 0) is 35.9 Å². The molecule has 0 fully saturated rings. The van der Waals surface area contributed by atoms with Crippen LogP contribution in [-0.2, 0) is 0 Å². The first-order valence-corrected chi connectivity index (χ1v) is 7.76. The lowest BCUT2D eigenvalue weighted by atomic mass is 10.0. The Morgan fingerprint density at radius 3 is 2.69 bits per heavy atom. The lowest BCUT2D eigenvalue weighted by molar-refractivity contribution is -0.385. The minimum absolute atomic E-state index is 0.0490. The molecule has 7 heteroatoms. The van der Waals surface area contributed by atoms with E-state index in [0.29, 0.717) is 11.1 Å². The van der Waals surface area contributed by atoms with E-state index in [2.05, 4.69) is 10.5 Å². The van der Waals surface area contributed by atoms with Gasteiger partial charge in [0.2, 0.25) is 0 Å². The van der Waals surface area contributed by atoms with Crippen LogP contribution in [0.15, 0.2) is 59.7 Å². The van der Waals surface area contributed by atoms with Gasteiger partial charge in [0.25, 0.3) is 11.6 Å². The molecule has 0 bridgehead atoms. The third kappa shape index (κ3) is 3.36. The lowest BCUT2D eigenvalue weighted by Gasteiger charge is -2.05. The average Bonchev–Trinajstić information content (AvgIpc) is 2.63. The van der Waals surface area contributed by atoms with E-state index >= 15 is 0 Å². The second-order valence-corrected chi connectivity index (χ2v) is 5.68. The Balaban J connectivity index is 1.81. The standard InChI is InChI=1S/C19H15N3O4/c1-12-10-14(6-8-17(12)22(25)26)19(24)21-20-11-16-15-5-3-2-4-13(15)7-9-18(16)23/h2-11,23H,1H3,(H,21,24)/b20-11-. The van der Waals surface area contributed by atoms with E-state index in [9.17, 15) is 20.0 Å². The number of phenolic OH excluding ortho intramolecular Hbond substituents is 1. The molecule has 0 atom stereocenters. The fourth-order valence-corrected chi connectivity index (χ4v) is 2.64. The Morgan fingerprint density at radius 2 is 1.96 bits per heavy atom. The molecule has 0 aromatic heterocycles. The molecule has 1 amide bonds. The summed E-state index contributed by atoms with van der Waals surface area (Å²) in [5.41, 5.74) is 3.45. The predicted octanol–water partition coefficient (Wildman–Crippen LogP) is 3.53. The Bertz CT molecular complexity index is 1040. The van der Waals surface area contributed by atoms with E-state index in [-0.39, 0.29) is 17.0 Å². The molecule has 0 aliphatic carbocycles. The van der Waals surface area contributed by atoms with Crippen LogP contribution in [0.5, 0.6) is 5.75 Å². The topological polar surface area (TPSA) is 105 Å². The third-order valence-electron chi connectivity index (χ3n) is 3.96. The largest absolute Gasteiger partial charge is 0.507 e. The number of nitrogens with zero attached hydrogens (tertiary/aromatic N) is 2. The van der Waals surface area contributed by atoms with Crippen LogP contribution in [0.4, 0.5) is 5.69 Å². The van der Waals surface area contributed by atoms with Crippen LogP contribution in [0, 0.1) is 17.0 Å². The maximum Gasteiger partial charge on any atom is 0.272 e. The number of carbonyl (C=O) groups is 1. The number of rotatable bonds is 4. The Kier molecular flexibility index (Phi) is 4.62. The van der Waals surface area contributed by atoms with Gasteiger partial charge in [0.15, 0.2) is 0 Å². The fraction of sp³-hybridized carbons (Fsp3) is 0.0526. The summed E-state index contributed by atoms with van der Waals surface area (Å²) in [6.07, 6.45) is 1.37. The highest BCUT2D eigenvalue weighted by molar-refractivity contribution is 6.03. The second-order valence-electron chi connectivity index (χ2n) is 5.68. The zero-order valence-electron chi connectivity index (χ0n) is 13.8. The van der Waals surface area contributed by atoms with Gasteiger partial charge in [0, 0.05) is 22.8 Å². The smallest absolute Gasteiger partial charge is 0.272 e. The molecule has 130 valence electrons. The number of benzene rings is 3. The summed E-state index contributed by atoms with van der Waals surface area (Å²) in [4.78, 5) is 22.5. The molecule has 7 nitrogen and oxygen atoms in total. The van der Waals surface area contributed by atoms with Crippen LogP contribution >= 0.6 is 0 Å². The van der Waals surface area contributed by atoms with Crippen LogP contribution in [-0.4, -0.2) is 22.2 Å². The number of hydrogen-bond donors (Lipinski definition) is 2. The molecule has 2 N–H and O–H groups in total. The summed E-state index contributed by atoms with van der Waals surface area (Å²) >= 11 is 0. The zero-order chi connectivity index (χ0) is 18.7. The van der Waals surface area contributed by atoms with E-state index in [4.69, 9.17) is 0 Å². The highest BCUT2D eigenvalue weighted by Gasteiger charge is 2.13. The van der Waals surface area contributed by atoms with Crippen LogP contribution < -0.4 is 5.43 Å². The van der Waals surface area contributed by atoms with Crippen LogP contribution in [0.2, 0.25) is 0 Å². The molecule has 0 heterocycles. The maximum atomic E-state index is 12.2. The number of phenols is 1. The molecule has 0 unspecified atom stereocenters. The lowest BCUT2D eigenvalue weighted by Crippen LogP contribution is -2.17. The van der Waals surface area contributed by atoms with Gasteiger partial charge in [-0.25, -0.2) is 5.43 Å². The van der Waals surface area contributed by atoms with Crippen molar-refractivity contribution in [1.82, 2.24) is 5.43 Å². The first-order valence-electron chi connectivity index (χ1n) is 7.76. The summed E-state index contributed by atoms with van der Waals surface area (Å²) < 4.78 is 0. The number of amides is 1. The Hall–Kier alpha value is -3.74. The van der Waals surface area contributed by atoms with E-state index in [0.717, 1.165) is 10.8 Å². The van der Waals surface area contributed by atoms with Crippen molar-refractivity contribution in [2.75, 3.05) is 0 Å². The van der Waals surface area contributed by atoms with Gasteiger partial charge >= 0.3 is 0 Å². The van der Waals surface area contributed by atoms with Crippen molar-refractivity contribution >= 4 is 28.6 Å². The highest BCUT2D eigenvalue weighted by Crippen LogP contribution is 2.25. The van der Waals surface area contributed by atoms with Gasteiger partial charge < -0.3 is 5.11 Å². The van der Waals surface area contributed by atoms with E-state index < -0.39 is 10.8 Å². The van der Waals surface area contributed by atoms with E-state index in [1.807, 2.05) is 24.3 Å². The number of aryl methyl sites for hydroxylation is 1. The zero-order valence-corrected chi connectivity index (χ0v) is 13.8. The number of fused-ring (bicyclic) bond motifs is 1. The predicted molar refractivity (Wildman–Crippen MR) is 98.5 cm³/mol. The van der Waals surface area contributed by atoms with Crippen molar-refractivity contribution in [2.45, 2.75) is 6.92 Å². The molecule has 0 aliphatic rings. The number of hydrazone groups is 1. The van der Waals surface area contributed by atoms with E-state index in [1.165, 1.54) is 24.4 Å². The number of nitro groups is 1. The van der Waals surface area contributed by atoms with Gasteiger partial charge in [-0.15, -0.1) is 0 Å². The van der Waals surface area contributed by atoms with Gasteiger partial charge in [0.05, 0.1) is 11.1 Å². The molecule has 0 aliphatic heterocycles. The molecule has 3 aromatic rings. The molecule has 0 saturated heterocycles. The van der Waals surface area contributed by atoms with Crippen molar-refractivity contribution in [3.8, 4) is 5.75 Å². The van der Waals surface area contributed by atoms with Crippen molar-refractivity contribution in [3.63, 3.8) is 0 Å². The molecule has 3 aromatic carbocycles. The number of nitrogens with one attached hydrogen (secondary N) is 1. The molecule has 0 saturated carbocycles. The van der Waals surface area contributed by atoms with Crippen molar-refractivity contribution in [3.05, 3.63) is 81.4 Å². The Morgan fingerprint density at radius 1 is 1.19 bits per heavy atom. The monoisotopic (exact) mass is 349 g/mol. The normalized spacial score (nSPS) is 11.0. The molecular formula is C19H15N3O4. The average molecular weight is 349 g/mol. The number of hydrogen-bond acceptors (Lipinski definition) is 5. The second kappa shape index (κ2) is 7.02. The van der Waals surface area contributed by atoms with Gasteiger partial charge in [-0.1, -0.05) is 30.3 Å². The fourth-order valence-electron chi connectivity index (χ4n) is 2.64. The SMILES string of the molecule is Cc1cc(C(=O)N/N=C\c2c(O)ccc3ccccc23)ccc1[N+](=O)[O-]. The third-order valence-corrected chi connectivity index (χ3v) is 3.96. The molecule has 3 rings (SSSR count). The van der Waals surface area contributed by atoms with Crippen molar-refractivity contribution in [1.29, 1.82) is 0 Å². The van der Waals surface area contributed by atoms with Gasteiger partial charge in [-0.3, -0.25) is 14.9 Å². The summed E-state index contributed by atoms with van der Waals surface area (Å²) in [5, 5.41) is 26.5. The van der Waals surface area contributed by atoms with Gasteiger partial charge in [0.1, 0.15) is 5.75 Å². The molecule has 0 spiro atoms. The number of aromatic hydroxyl groups is 1. The molecule has 26 heavy (non-hydrogen) atoms. The number of nitro benzene ring substituents is 1. The highest BCUT2D eigenvalue weighted by atomic mass is 16.6. The van der Waals surface area contributed by atoms with Crippen LogP contribution in [0.3, 0.4) is 0 Å². The first-order chi connectivity index (χ1) is 12.5. The minimum atomic E-state index is -0.502. The van der Waals surface area contributed by atoms with Gasteiger partial charge in [-0.2, -0.15) is 5.10 Å². The summed E-state index contributed by atoms with van der Waals surface area (Å²) in [5.74, 6) is -0.452. The van der Waals surface area contributed by atoms with Crippen LogP contribution in [0.25, 0.3) is 10.8 Å². The summed E-state index contributed by atoms with van der Waals surface area (Å²) in [6.45, 7) is 1.56. The quantitative estimate of drug-likeness (QED) is 0.427. The first kappa shape index (κ1) is 17.1.